The monoisotopic (exact) mass is 292 g/mol. The number of nitrogens with one attached hydrogen (secondary N) is 1. The summed E-state index contributed by atoms with van der Waals surface area (Å²) in [6.07, 6.45) is 1.69. The molecule has 0 aliphatic carbocycles. The van der Waals surface area contributed by atoms with Gasteiger partial charge in [-0.05, 0) is 26.0 Å². The van der Waals surface area contributed by atoms with Crippen LogP contribution < -0.4 is 16.8 Å². The van der Waals surface area contributed by atoms with E-state index < -0.39 is 11.4 Å². The number of thiophene rings is 1. The Morgan fingerprint density at radius 2 is 2.15 bits per heavy atom. The maximum atomic E-state index is 12.3. The number of aromatic nitrogens is 1. The maximum Gasteiger partial charge on any atom is 0.264 e. The molecular weight excluding hydrogens is 276 g/mol. The maximum absolute atomic E-state index is 12.3. The van der Waals surface area contributed by atoms with Gasteiger partial charge in [0.2, 0.25) is 5.91 Å². The molecule has 0 saturated heterocycles. The van der Waals surface area contributed by atoms with Crippen molar-refractivity contribution in [3.63, 3.8) is 0 Å². The molecule has 0 bridgehead atoms. The Morgan fingerprint density at radius 1 is 1.45 bits per heavy atom. The molecule has 6 nitrogen and oxygen atoms in total. The molecule has 106 valence electrons. The topological polar surface area (TPSA) is 111 Å². The third kappa shape index (κ3) is 2.88. The van der Waals surface area contributed by atoms with Crippen LogP contribution in [0.4, 0.5) is 5.69 Å². The number of primary amides is 1. The van der Waals surface area contributed by atoms with E-state index in [1.807, 2.05) is 6.07 Å². The minimum atomic E-state index is -0.723. The number of carbonyl (C=O) groups excluding carboxylic acids is 2. The van der Waals surface area contributed by atoms with Crippen molar-refractivity contribution in [2.24, 2.45) is 5.73 Å². The first-order valence-electron chi connectivity index (χ1n) is 6.04. The molecule has 20 heavy (non-hydrogen) atoms. The number of nitrogens with two attached hydrogens (primary N) is 2. The van der Waals surface area contributed by atoms with Crippen molar-refractivity contribution in [3.8, 4) is 0 Å². The van der Waals surface area contributed by atoms with Gasteiger partial charge in [0.15, 0.2) is 0 Å². The average molecular weight is 292 g/mol. The molecule has 5 N–H and O–H groups in total. The SMILES string of the molecule is CC(C)(CC(N)=O)NC(=O)c1sc2cccnc2c1N. The van der Waals surface area contributed by atoms with Gasteiger partial charge in [0, 0.05) is 18.2 Å². The van der Waals surface area contributed by atoms with Gasteiger partial charge in [0.25, 0.3) is 5.91 Å². The second kappa shape index (κ2) is 5.09. The number of hydrogen-bond acceptors (Lipinski definition) is 5. The number of pyridine rings is 1. The number of nitrogens with zero attached hydrogens (tertiary/aromatic N) is 1. The first kappa shape index (κ1) is 14.3. The normalized spacial score (nSPS) is 11.5. The highest BCUT2D eigenvalue weighted by Gasteiger charge is 2.26. The third-order valence-electron chi connectivity index (χ3n) is 2.76. The van der Waals surface area contributed by atoms with Crippen LogP contribution in [0.15, 0.2) is 18.3 Å². The van der Waals surface area contributed by atoms with E-state index >= 15 is 0 Å². The molecule has 2 rings (SSSR count). The van der Waals surface area contributed by atoms with Crippen LogP contribution in [0.2, 0.25) is 0 Å². The first-order chi connectivity index (χ1) is 9.30. The number of hydrogen-bond donors (Lipinski definition) is 3. The summed E-state index contributed by atoms with van der Waals surface area (Å²) in [5.74, 6) is -0.793. The largest absolute Gasteiger partial charge is 0.396 e. The van der Waals surface area contributed by atoms with Crippen molar-refractivity contribution in [1.82, 2.24) is 10.3 Å². The van der Waals surface area contributed by atoms with Crippen molar-refractivity contribution < 1.29 is 9.59 Å². The Labute approximate surface area is 120 Å². The molecule has 0 radical (unpaired) electrons. The van der Waals surface area contributed by atoms with Crippen LogP contribution in [0.3, 0.4) is 0 Å². The van der Waals surface area contributed by atoms with Gasteiger partial charge < -0.3 is 16.8 Å². The highest BCUT2D eigenvalue weighted by molar-refractivity contribution is 7.21. The van der Waals surface area contributed by atoms with Crippen molar-refractivity contribution in [2.75, 3.05) is 5.73 Å². The number of nitrogen functional groups attached to an aromatic ring is 1. The van der Waals surface area contributed by atoms with Crippen molar-refractivity contribution >= 4 is 39.1 Å². The summed E-state index contributed by atoms with van der Waals surface area (Å²) in [6.45, 7) is 3.47. The standard InChI is InChI=1S/C13H16N4O2S/c1-13(2,6-8(14)18)17-12(19)11-9(15)10-7(20-11)4-3-5-16-10/h3-5H,6,15H2,1-2H3,(H2,14,18)(H,17,19). The molecule has 2 aromatic heterocycles. The molecule has 0 atom stereocenters. The first-order valence-corrected chi connectivity index (χ1v) is 6.85. The van der Waals surface area contributed by atoms with E-state index in [1.165, 1.54) is 11.3 Å². The minimum absolute atomic E-state index is 0.0573. The van der Waals surface area contributed by atoms with E-state index in [2.05, 4.69) is 10.3 Å². The third-order valence-corrected chi connectivity index (χ3v) is 3.92. The fraction of sp³-hybridized carbons (Fsp3) is 0.308. The lowest BCUT2D eigenvalue weighted by molar-refractivity contribution is -0.119. The lowest BCUT2D eigenvalue weighted by Crippen LogP contribution is -2.45. The summed E-state index contributed by atoms with van der Waals surface area (Å²) in [7, 11) is 0. The molecular formula is C13H16N4O2S. The van der Waals surface area contributed by atoms with E-state index in [-0.39, 0.29) is 12.3 Å². The Morgan fingerprint density at radius 3 is 2.75 bits per heavy atom. The summed E-state index contributed by atoms with van der Waals surface area (Å²) in [6, 6.07) is 3.64. The van der Waals surface area contributed by atoms with Crippen molar-refractivity contribution in [1.29, 1.82) is 0 Å². The van der Waals surface area contributed by atoms with Gasteiger partial charge in [0.1, 0.15) is 10.4 Å². The molecule has 0 aliphatic heterocycles. The van der Waals surface area contributed by atoms with E-state index in [0.29, 0.717) is 16.1 Å². The van der Waals surface area contributed by atoms with Gasteiger partial charge in [-0.25, -0.2) is 0 Å². The smallest absolute Gasteiger partial charge is 0.264 e. The summed E-state index contributed by atoms with van der Waals surface area (Å²) in [5, 5.41) is 2.77. The molecule has 0 saturated carbocycles. The van der Waals surface area contributed by atoms with E-state index in [9.17, 15) is 9.59 Å². The van der Waals surface area contributed by atoms with Gasteiger partial charge in [-0.1, -0.05) is 0 Å². The predicted molar refractivity (Wildman–Crippen MR) is 79.4 cm³/mol. The second-order valence-electron chi connectivity index (χ2n) is 5.18. The van der Waals surface area contributed by atoms with E-state index in [1.54, 1.807) is 26.1 Å². The summed E-state index contributed by atoms with van der Waals surface area (Å²) in [5.41, 5.74) is 11.4. The molecule has 0 spiro atoms. The number of fused-ring (bicyclic) bond motifs is 1. The zero-order chi connectivity index (χ0) is 14.9. The van der Waals surface area contributed by atoms with Crippen LogP contribution in [0.5, 0.6) is 0 Å². The highest BCUT2D eigenvalue weighted by Crippen LogP contribution is 2.32. The van der Waals surface area contributed by atoms with Crippen LogP contribution >= 0.6 is 11.3 Å². The number of anilines is 1. The number of rotatable bonds is 4. The molecule has 2 amide bonds. The Bertz CT molecular complexity index is 678. The highest BCUT2D eigenvalue weighted by atomic mass is 32.1. The second-order valence-corrected chi connectivity index (χ2v) is 6.23. The Kier molecular flexibility index (Phi) is 3.63. The molecule has 0 fully saturated rings. The Hall–Kier alpha value is -2.15. The molecule has 2 aromatic rings. The molecule has 0 aromatic carbocycles. The molecule has 2 heterocycles. The summed E-state index contributed by atoms with van der Waals surface area (Å²) < 4.78 is 0.850. The van der Waals surface area contributed by atoms with Crippen LogP contribution in [-0.4, -0.2) is 22.3 Å². The molecule has 0 unspecified atom stereocenters. The number of carbonyl (C=O) groups is 2. The fourth-order valence-electron chi connectivity index (χ4n) is 1.96. The summed E-state index contributed by atoms with van der Waals surface area (Å²) in [4.78, 5) is 27.8. The van der Waals surface area contributed by atoms with Gasteiger partial charge in [0.05, 0.1) is 10.4 Å². The van der Waals surface area contributed by atoms with Crippen LogP contribution in [-0.2, 0) is 4.79 Å². The summed E-state index contributed by atoms with van der Waals surface area (Å²) >= 11 is 1.28. The van der Waals surface area contributed by atoms with Crippen LogP contribution in [0.1, 0.15) is 29.9 Å². The van der Waals surface area contributed by atoms with Gasteiger partial charge in [-0.2, -0.15) is 0 Å². The van der Waals surface area contributed by atoms with Crippen molar-refractivity contribution in [3.05, 3.63) is 23.2 Å². The van der Waals surface area contributed by atoms with E-state index in [0.717, 1.165) is 4.70 Å². The quantitative estimate of drug-likeness (QED) is 0.787. The van der Waals surface area contributed by atoms with Crippen molar-refractivity contribution in [2.45, 2.75) is 25.8 Å². The van der Waals surface area contributed by atoms with Gasteiger partial charge in [-0.3, -0.25) is 14.6 Å². The zero-order valence-electron chi connectivity index (χ0n) is 11.3. The van der Waals surface area contributed by atoms with Crippen LogP contribution in [0, 0.1) is 0 Å². The fourth-order valence-corrected chi connectivity index (χ4v) is 2.94. The predicted octanol–water partition coefficient (Wildman–Crippen LogP) is 1.26. The number of amides is 2. The van der Waals surface area contributed by atoms with Gasteiger partial charge >= 0.3 is 0 Å². The lowest BCUT2D eigenvalue weighted by atomic mass is 10.0. The zero-order valence-corrected chi connectivity index (χ0v) is 12.1. The van der Waals surface area contributed by atoms with E-state index in [4.69, 9.17) is 11.5 Å². The Balaban J connectivity index is 2.28. The molecule has 7 heteroatoms. The van der Waals surface area contributed by atoms with Gasteiger partial charge in [-0.15, -0.1) is 11.3 Å². The molecule has 0 aliphatic rings. The average Bonchev–Trinajstić information content (AvgIpc) is 2.65. The van der Waals surface area contributed by atoms with Crippen LogP contribution in [0.25, 0.3) is 10.2 Å². The minimum Gasteiger partial charge on any atom is -0.396 e. The lowest BCUT2D eigenvalue weighted by Gasteiger charge is -2.24.